The first-order valence-electron chi connectivity index (χ1n) is 6.44. The molecule has 2 aromatic rings. The number of aromatic nitrogens is 2. The van der Waals surface area contributed by atoms with Crippen LogP contribution >= 0.6 is 11.6 Å². The maximum atomic E-state index is 13.3. The Kier molecular flexibility index (Phi) is 4.98. The van der Waals surface area contributed by atoms with E-state index in [4.69, 9.17) is 16.7 Å². The van der Waals surface area contributed by atoms with Crippen molar-refractivity contribution in [3.63, 3.8) is 0 Å². The Morgan fingerprint density at radius 1 is 1.38 bits per heavy atom. The molecule has 0 bridgehead atoms. The number of hydrogen-bond acceptors (Lipinski definition) is 4. The van der Waals surface area contributed by atoms with Crippen molar-refractivity contribution in [2.75, 3.05) is 6.61 Å². The molecule has 1 heterocycles. The van der Waals surface area contributed by atoms with Crippen LogP contribution in [0.2, 0.25) is 5.28 Å². The predicted octanol–water partition coefficient (Wildman–Crippen LogP) is 3.14. The molecule has 1 aromatic heterocycles. The van der Waals surface area contributed by atoms with Crippen LogP contribution in [0, 0.1) is 11.7 Å². The number of halogens is 2. The van der Waals surface area contributed by atoms with Crippen molar-refractivity contribution >= 4 is 17.4 Å². The SMILES string of the molecule is C[C@@H](CO)CC(=O)c1cc(-c2cccc(F)c2)nc(Cl)n1. The lowest BCUT2D eigenvalue weighted by Gasteiger charge is -2.08. The Balaban J connectivity index is 2.35. The largest absolute Gasteiger partial charge is 0.396 e. The molecule has 21 heavy (non-hydrogen) atoms. The molecule has 1 aromatic carbocycles. The molecule has 1 atom stereocenters. The highest BCUT2D eigenvalue weighted by atomic mass is 35.5. The van der Waals surface area contributed by atoms with Crippen LogP contribution in [0.3, 0.4) is 0 Å². The molecule has 0 spiro atoms. The van der Waals surface area contributed by atoms with Crippen molar-refractivity contribution in [3.8, 4) is 11.3 Å². The average Bonchev–Trinajstić information content (AvgIpc) is 2.46. The van der Waals surface area contributed by atoms with Gasteiger partial charge < -0.3 is 5.11 Å². The predicted molar refractivity (Wildman–Crippen MR) is 77.6 cm³/mol. The zero-order valence-electron chi connectivity index (χ0n) is 11.4. The van der Waals surface area contributed by atoms with E-state index in [9.17, 15) is 9.18 Å². The van der Waals surface area contributed by atoms with E-state index in [2.05, 4.69) is 9.97 Å². The molecule has 2 rings (SSSR count). The van der Waals surface area contributed by atoms with Gasteiger partial charge in [0.1, 0.15) is 11.5 Å². The molecule has 0 saturated heterocycles. The van der Waals surface area contributed by atoms with Gasteiger partial charge >= 0.3 is 0 Å². The fraction of sp³-hybridized carbons (Fsp3) is 0.267. The molecule has 0 saturated carbocycles. The third kappa shape index (κ3) is 4.06. The molecular weight excluding hydrogens is 295 g/mol. The van der Waals surface area contributed by atoms with E-state index in [1.165, 1.54) is 18.2 Å². The van der Waals surface area contributed by atoms with Crippen LogP contribution < -0.4 is 0 Å². The summed E-state index contributed by atoms with van der Waals surface area (Å²) in [5, 5.41) is 8.92. The second-order valence-electron chi connectivity index (χ2n) is 4.83. The van der Waals surface area contributed by atoms with Gasteiger partial charge in [-0.05, 0) is 35.7 Å². The van der Waals surface area contributed by atoms with Gasteiger partial charge in [-0.3, -0.25) is 4.79 Å². The van der Waals surface area contributed by atoms with E-state index in [1.807, 2.05) is 0 Å². The number of nitrogens with zero attached hydrogens (tertiary/aromatic N) is 2. The first-order chi connectivity index (χ1) is 9.99. The molecule has 4 nitrogen and oxygen atoms in total. The lowest BCUT2D eigenvalue weighted by Crippen LogP contribution is -2.11. The lowest BCUT2D eigenvalue weighted by molar-refractivity contribution is 0.0938. The van der Waals surface area contributed by atoms with Gasteiger partial charge in [0.05, 0.1) is 5.69 Å². The third-order valence-electron chi connectivity index (χ3n) is 2.95. The molecule has 110 valence electrons. The summed E-state index contributed by atoms with van der Waals surface area (Å²) in [5.41, 5.74) is 1.06. The highest BCUT2D eigenvalue weighted by Gasteiger charge is 2.15. The van der Waals surface area contributed by atoms with Gasteiger partial charge in [-0.15, -0.1) is 0 Å². The molecule has 0 aliphatic carbocycles. The van der Waals surface area contributed by atoms with Crippen molar-refractivity contribution in [3.05, 3.63) is 47.1 Å². The standard InChI is InChI=1S/C15H14ClFN2O2/c1-9(8-20)5-14(21)13-7-12(18-15(16)19-13)10-3-2-4-11(17)6-10/h2-4,6-7,9,20H,5,8H2,1H3/t9-/m1/s1. The number of carbonyl (C=O) groups excluding carboxylic acids is 1. The van der Waals surface area contributed by atoms with Crippen LogP contribution in [0.4, 0.5) is 4.39 Å². The number of rotatable bonds is 5. The molecule has 0 radical (unpaired) electrons. The highest BCUT2D eigenvalue weighted by Crippen LogP contribution is 2.21. The van der Waals surface area contributed by atoms with Gasteiger partial charge in [-0.2, -0.15) is 0 Å². The van der Waals surface area contributed by atoms with Gasteiger partial charge in [0, 0.05) is 18.6 Å². The van der Waals surface area contributed by atoms with Gasteiger partial charge in [0.25, 0.3) is 0 Å². The Bertz CT molecular complexity index is 664. The molecule has 0 aliphatic rings. The quantitative estimate of drug-likeness (QED) is 0.681. The van der Waals surface area contributed by atoms with E-state index in [-0.39, 0.29) is 35.7 Å². The minimum atomic E-state index is -0.399. The third-order valence-corrected chi connectivity index (χ3v) is 3.12. The Hall–Kier alpha value is -1.85. The van der Waals surface area contributed by atoms with Gasteiger partial charge in [-0.25, -0.2) is 14.4 Å². The van der Waals surface area contributed by atoms with E-state index >= 15 is 0 Å². The summed E-state index contributed by atoms with van der Waals surface area (Å²) in [6, 6.07) is 7.33. The first-order valence-corrected chi connectivity index (χ1v) is 6.82. The van der Waals surface area contributed by atoms with Gasteiger partial charge in [0.2, 0.25) is 5.28 Å². The minimum Gasteiger partial charge on any atom is -0.396 e. The molecule has 1 N–H and O–H groups in total. The summed E-state index contributed by atoms with van der Waals surface area (Å²) in [6.45, 7) is 1.68. The molecule has 6 heteroatoms. The number of carbonyl (C=O) groups is 1. The van der Waals surface area contributed by atoms with Crippen molar-refractivity contribution in [2.24, 2.45) is 5.92 Å². The second-order valence-corrected chi connectivity index (χ2v) is 5.17. The van der Waals surface area contributed by atoms with E-state index in [0.717, 1.165) is 0 Å². The van der Waals surface area contributed by atoms with Crippen molar-refractivity contribution in [2.45, 2.75) is 13.3 Å². The van der Waals surface area contributed by atoms with E-state index in [0.29, 0.717) is 11.3 Å². The summed E-state index contributed by atoms with van der Waals surface area (Å²) >= 11 is 5.84. The maximum Gasteiger partial charge on any atom is 0.223 e. The molecular formula is C15H14ClFN2O2. The van der Waals surface area contributed by atoms with Crippen LogP contribution in [0.15, 0.2) is 30.3 Å². The number of aliphatic hydroxyl groups excluding tert-OH is 1. The normalized spacial score (nSPS) is 12.2. The van der Waals surface area contributed by atoms with Crippen molar-refractivity contribution in [1.82, 2.24) is 9.97 Å². The lowest BCUT2D eigenvalue weighted by atomic mass is 10.0. The smallest absolute Gasteiger partial charge is 0.223 e. The molecule has 0 aliphatic heterocycles. The number of benzene rings is 1. The highest BCUT2D eigenvalue weighted by molar-refractivity contribution is 6.28. The van der Waals surface area contributed by atoms with Gasteiger partial charge in [-0.1, -0.05) is 19.1 Å². The second kappa shape index (κ2) is 6.74. The summed E-state index contributed by atoms with van der Waals surface area (Å²) in [4.78, 5) is 20.0. The Morgan fingerprint density at radius 3 is 2.81 bits per heavy atom. The monoisotopic (exact) mass is 308 g/mol. The van der Waals surface area contributed by atoms with Crippen LogP contribution in [-0.2, 0) is 0 Å². The first kappa shape index (κ1) is 15.5. The zero-order chi connectivity index (χ0) is 15.4. The van der Waals surface area contributed by atoms with Gasteiger partial charge in [0.15, 0.2) is 5.78 Å². The fourth-order valence-corrected chi connectivity index (χ4v) is 2.02. The number of hydrogen-bond donors (Lipinski definition) is 1. The maximum absolute atomic E-state index is 13.3. The summed E-state index contributed by atoms with van der Waals surface area (Å²) in [7, 11) is 0. The van der Waals surface area contributed by atoms with E-state index < -0.39 is 5.82 Å². The van der Waals surface area contributed by atoms with Crippen LogP contribution in [0.5, 0.6) is 0 Å². The minimum absolute atomic E-state index is 0.0724. The number of aliphatic hydroxyl groups is 1. The topological polar surface area (TPSA) is 63.1 Å². The van der Waals surface area contributed by atoms with Crippen molar-refractivity contribution in [1.29, 1.82) is 0 Å². The zero-order valence-corrected chi connectivity index (χ0v) is 12.1. The van der Waals surface area contributed by atoms with Crippen LogP contribution in [-0.4, -0.2) is 27.5 Å². The molecule has 0 unspecified atom stereocenters. The average molecular weight is 309 g/mol. The Morgan fingerprint density at radius 2 is 2.14 bits per heavy atom. The Labute approximate surface area is 126 Å². The molecule has 0 amide bonds. The summed E-state index contributed by atoms with van der Waals surface area (Å²) in [5.74, 6) is -0.800. The van der Waals surface area contributed by atoms with Crippen LogP contribution in [0.1, 0.15) is 23.8 Å². The summed E-state index contributed by atoms with van der Waals surface area (Å²) < 4.78 is 13.3. The van der Waals surface area contributed by atoms with E-state index in [1.54, 1.807) is 19.1 Å². The summed E-state index contributed by atoms with van der Waals surface area (Å²) in [6.07, 6.45) is 0.159. The number of Topliss-reactive ketones (excluding diaryl/α,β-unsaturated/α-hetero) is 1. The van der Waals surface area contributed by atoms with Crippen LogP contribution in [0.25, 0.3) is 11.3 Å². The number of ketones is 1. The molecule has 0 fully saturated rings. The fourth-order valence-electron chi connectivity index (χ4n) is 1.84. The van der Waals surface area contributed by atoms with Crippen molar-refractivity contribution < 1.29 is 14.3 Å².